The molecule has 0 N–H and O–H groups in total. The zero-order valence-electron chi connectivity index (χ0n) is 25.5. The number of rotatable bonds is 6. The van der Waals surface area contributed by atoms with Crippen LogP contribution in [-0.2, 0) is 12.8 Å². The Morgan fingerprint density at radius 3 is 1.28 bits per heavy atom. The fourth-order valence-electron chi connectivity index (χ4n) is 5.40. The van der Waals surface area contributed by atoms with Crippen LogP contribution < -0.4 is 0 Å². The van der Waals surface area contributed by atoms with Gasteiger partial charge in [-0.1, -0.05) is 80.9 Å². The average Bonchev–Trinajstić information content (AvgIpc) is 3.06. The Kier molecular flexibility index (Phi) is 9.79. The van der Waals surface area contributed by atoms with Crippen molar-refractivity contribution in [3.8, 4) is 34.4 Å². The van der Waals surface area contributed by atoms with Crippen molar-refractivity contribution in [3.05, 3.63) is 143 Å². The van der Waals surface area contributed by atoms with Crippen molar-refractivity contribution in [3.63, 3.8) is 0 Å². The number of halogens is 4. The maximum Gasteiger partial charge on any atom is 0.144 e. The van der Waals surface area contributed by atoms with Crippen LogP contribution in [0.25, 0.3) is 43.8 Å². The van der Waals surface area contributed by atoms with Gasteiger partial charge >= 0.3 is 0 Å². The van der Waals surface area contributed by atoms with E-state index in [-0.39, 0.29) is 0 Å². The van der Waals surface area contributed by atoms with Gasteiger partial charge < -0.3 is 0 Å². The van der Waals surface area contributed by atoms with Crippen molar-refractivity contribution < 1.29 is 17.6 Å². The van der Waals surface area contributed by atoms with Crippen molar-refractivity contribution >= 4 is 21.5 Å². The molecule has 0 saturated heterocycles. The summed E-state index contributed by atoms with van der Waals surface area (Å²) in [5.74, 6) is -3.33. The van der Waals surface area contributed by atoms with Gasteiger partial charge in [-0.25, -0.2) is 17.6 Å². The van der Waals surface area contributed by atoms with Crippen LogP contribution in [0, 0.1) is 45.9 Å². The molecule has 0 amide bonds. The van der Waals surface area contributed by atoms with Crippen LogP contribution in [0.4, 0.5) is 17.6 Å². The predicted octanol–water partition coefficient (Wildman–Crippen LogP) is 11.2. The van der Waals surface area contributed by atoms with Crippen molar-refractivity contribution in [1.29, 1.82) is 10.5 Å². The van der Waals surface area contributed by atoms with Crippen LogP contribution in [0.5, 0.6) is 0 Å². The maximum absolute atomic E-state index is 13.8. The first-order chi connectivity index (χ1) is 22.2. The Bertz CT molecular complexity index is 2110. The molecule has 0 aromatic heterocycles. The minimum Gasteiger partial charge on any atom is -0.205 e. The van der Waals surface area contributed by atoms with E-state index in [4.69, 9.17) is 10.5 Å². The third kappa shape index (κ3) is 6.93. The molecule has 46 heavy (non-hydrogen) atoms. The first-order valence-corrected chi connectivity index (χ1v) is 15.1. The Balaban J connectivity index is 0.000000182. The van der Waals surface area contributed by atoms with E-state index in [1.54, 1.807) is 6.07 Å². The van der Waals surface area contributed by atoms with E-state index >= 15 is 0 Å². The van der Waals surface area contributed by atoms with E-state index in [1.165, 1.54) is 41.5 Å². The number of nitriles is 2. The number of aryl methyl sites for hydroxylation is 2. The lowest BCUT2D eigenvalue weighted by Crippen LogP contribution is -1.92. The van der Waals surface area contributed by atoms with Gasteiger partial charge in [0.2, 0.25) is 0 Å². The first kappa shape index (κ1) is 31.9. The van der Waals surface area contributed by atoms with E-state index in [1.807, 2.05) is 54.6 Å². The molecule has 0 aliphatic rings. The predicted molar refractivity (Wildman–Crippen MR) is 176 cm³/mol. The second kappa shape index (κ2) is 14.1. The average molecular weight is 615 g/mol. The Labute approximate surface area is 265 Å². The van der Waals surface area contributed by atoms with Gasteiger partial charge in [-0.05, 0) is 111 Å². The second-order valence-electron chi connectivity index (χ2n) is 11.1. The summed E-state index contributed by atoms with van der Waals surface area (Å²) in [5, 5.41) is 21.7. The lowest BCUT2D eigenvalue weighted by atomic mass is 9.98. The molecule has 0 saturated carbocycles. The Morgan fingerprint density at radius 2 is 0.870 bits per heavy atom. The number of benzene rings is 6. The van der Waals surface area contributed by atoms with Crippen LogP contribution in [0.2, 0.25) is 0 Å². The molecule has 0 atom stereocenters. The van der Waals surface area contributed by atoms with Gasteiger partial charge in [0, 0.05) is 0 Å². The first-order valence-electron chi connectivity index (χ1n) is 15.1. The molecular formula is C40H30F4N2. The summed E-state index contributed by atoms with van der Waals surface area (Å²) in [6, 6.07) is 31.8. The van der Waals surface area contributed by atoms with Crippen LogP contribution >= 0.6 is 0 Å². The Hall–Kier alpha value is -5.46. The molecule has 0 heterocycles. The second-order valence-corrected chi connectivity index (χ2v) is 11.1. The molecule has 0 bridgehead atoms. The molecule has 6 aromatic carbocycles. The summed E-state index contributed by atoms with van der Waals surface area (Å²) >= 11 is 0. The fraction of sp³-hybridized carbons (Fsp3) is 0.150. The lowest BCUT2D eigenvalue weighted by molar-refractivity contribution is 0.577. The summed E-state index contributed by atoms with van der Waals surface area (Å²) in [6.07, 6.45) is 4.34. The SMILES string of the molecule is CCCCc1ccc2cc(-c3cc(F)c(C#N)c(F)c3)ccc2c1.CCc1ccc2cc(-c3cc(F)c(C#N)c(F)c3)ccc2c1. The van der Waals surface area contributed by atoms with E-state index in [0.29, 0.717) is 11.1 Å². The highest BCUT2D eigenvalue weighted by Crippen LogP contribution is 2.29. The lowest BCUT2D eigenvalue weighted by Gasteiger charge is -2.08. The van der Waals surface area contributed by atoms with E-state index in [9.17, 15) is 17.6 Å². The number of unbranched alkanes of at least 4 members (excludes halogenated alkanes) is 1. The third-order valence-electron chi connectivity index (χ3n) is 8.01. The summed E-state index contributed by atoms with van der Waals surface area (Å²) in [7, 11) is 0. The largest absolute Gasteiger partial charge is 0.205 e. The highest BCUT2D eigenvalue weighted by Gasteiger charge is 2.13. The van der Waals surface area contributed by atoms with E-state index < -0.39 is 34.4 Å². The number of nitrogens with zero attached hydrogens (tertiary/aromatic N) is 2. The minimum atomic E-state index is -0.834. The third-order valence-corrected chi connectivity index (χ3v) is 8.01. The zero-order chi connectivity index (χ0) is 32.8. The summed E-state index contributed by atoms with van der Waals surface area (Å²) in [4.78, 5) is 0. The molecule has 0 spiro atoms. The number of hydrogen-bond acceptors (Lipinski definition) is 2. The van der Waals surface area contributed by atoms with Crippen LogP contribution in [-0.4, -0.2) is 0 Å². The van der Waals surface area contributed by atoms with Gasteiger partial charge in [-0.15, -0.1) is 0 Å². The zero-order valence-corrected chi connectivity index (χ0v) is 25.5. The summed E-state index contributed by atoms with van der Waals surface area (Å²) in [6.45, 7) is 4.26. The molecule has 0 aliphatic heterocycles. The fourth-order valence-corrected chi connectivity index (χ4v) is 5.40. The van der Waals surface area contributed by atoms with Crippen LogP contribution in [0.3, 0.4) is 0 Å². The molecular weight excluding hydrogens is 584 g/mol. The monoisotopic (exact) mass is 614 g/mol. The molecule has 6 rings (SSSR count). The molecule has 0 unspecified atom stereocenters. The smallest absolute Gasteiger partial charge is 0.144 e. The topological polar surface area (TPSA) is 47.6 Å². The number of fused-ring (bicyclic) bond motifs is 2. The highest BCUT2D eigenvalue weighted by molar-refractivity contribution is 5.89. The molecule has 228 valence electrons. The van der Waals surface area contributed by atoms with Crippen molar-refractivity contribution in [2.24, 2.45) is 0 Å². The van der Waals surface area contributed by atoms with Gasteiger partial charge in [0.15, 0.2) is 0 Å². The van der Waals surface area contributed by atoms with E-state index in [0.717, 1.165) is 58.4 Å². The standard InChI is InChI=1S/C21H17F2N.C19H13F2N/c1-2-3-4-14-5-6-16-10-17(8-7-15(16)9-14)18-11-20(22)19(13-24)21(23)12-18;1-2-12-3-4-14-8-15(6-5-13(14)7-12)16-9-18(20)17(11-22)19(21)10-16/h5-12H,2-4H2,1H3;3-10H,2H2,1H3. The summed E-state index contributed by atoms with van der Waals surface area (Å²) < 4.78 is 55.1. The molecule has 0 fully saturated rings. The molecule has 0 radical (unpaired) electrons. The molecule has 6 heteroatoms. The Morgan fingerprint density at radius 1 is 0.478 bits per heavy atom. The van der Waals surface area contributed by atoms with Crippen LogP contribution in [0.1, 0.15) is 48.9 Å². The quantitative estimate of drug-likeness (QED) is 0.175. The van der Waals surface area contributed by atoms with Crippen molar-refractivity contribution in [1.82, 2.24) is 0 Å². The molecule has 6 aromatic rings. The molecule has 0 aliphatic carbocycles. The van der Waals surface area contributed by atoms with Gasteiger partial charge in [0.05, 0.1) is 0 Å². The van der Waals surface area contributed by atoms with Gasteiger partial charge in [-0.2, -0.15) is 10.5 Å². The van der Waals surface area contributed by atoms with Crippen LogP contribution in [0.15, 0.2) is 97.1 Å². The van der Waals surface area contributed by atoms with Gasteiger partial charge in [0.25, 0.3) is 0 Å². The van der Waals surface area contributed by atoms with Gasteiger partial charge in [-0.3, -0.25) is 0 Å². The molecule has 2 nitrogen and oxygen atoms in total. The van der Waals surface area contributed by atoms with Gasteiger partial charge in [0.1, 0.15) is 46.5 Å². The van der Waals surface area contributed by atoms with E-state index in [2.05, 4.69) is 32.0 Å². The summed E-state index contributed by atoms with van der Waals surface area (Å²) in [5.41, 5.74) is 3.77. The van der Waals surface area contributed by atoms with Crippen molar-refractivity contribution in [2.45, 2.75) is 39.5 Å². The number of hydrogen-bond donors (Lipinski definition) is 0. The minimum absolute atomic E-state index is 0.426. The normalized spacial score (nSPS) is 10.7. The highest BCUT2D eigenvalue weighted by atomic mass is 19.1. The maximum atomic E-state index is 13.8. The van der Waals surface area contributed by atoms with Crippen molar-refractivity contribution in [2.75, 3.05) is 0 Å².